The second-order valence-electron chi connectivity index (χ2n) is 7.01. The van der Waals surface area contributed by atoms with Gasteiger partial charge in [0.1, 0.15) is 0 Å². The van der Waals surface area contributed by atoms with E-state index in [-0.39, 0.29) is 0 Å². The summed E-state index contributed by atoms with van der Waals surface area (Å²) >= 11 is 0. The lowest BCUT2D eigenvalue weighted by Gasteiger charge is -2.07. The highest BCUT2D eigenvalue weighted by molar-refractivity contribution is 4.58. The van der Waals surface area contributed by atoms with E-state index < -0.39 is 0 Å². The SMILES string of the molecule is [CH2]C(CC)CCCCCCCCCCCCCCCCC. The van der Waals surface area contributed by atoms with Gasteiger partial charge < -0.3 is 0 Å². The summed E-state index contributed by atoms with van der Waals surface area (Å²) in [5.41, 5.74) is 0. The van der Waals surface area contributed by atoms with Gasteiger partial charge in [-0.25, -0.2) is 0 Å². The fourth-order valence-electron chi connectivity index (χ4n) is 3.01. The van der Waals surface area contributed by atoms with Crippen LogP contribution in [0.3, 0.4) is 0 Å². The Morgan fingerprint density at radius 3 is 1.19 bits per heavy atom. The van der Waals surface area contributed by atoms with E-state index in [1.54, 1.807) is 0 Å². The first kappa shape index (κ1) is 21.0. The summed E-state index contributed by atoms with van der Waals surface area (Å²) in [5, 5.41) is 0. The van der Waals surface area contributed by atoms with Crippen molar-refractivity contribution in [3.8, 4) is 0 Å². The molecule has 127 valence electrons. The van der Waals surface area contributed by atoms with E-state index in [0.717, 1.165) is 0 Å². The van der Waals surface area contributed by atoms with Gasteiger partial charge in [-0.3, -0.25) is 0 Å². The van der Waals surface area contributed by atoms with Gasteiger partial charge in [-0.15, -0.1) is 0 Å². The van der Waals surface area contributed by atoms with Gasteiger partial charge in [0.2, 0.25) is 0 Å². The van der Waals surface area contributed by atoms with Crippen LogP contribution in [0.25, 0.3) is 0 Å². The smallest absolute Gasteiger partial charge is 0.0417 e. The molecule has 1 radical (unpaired) electrons. The van der Waals surface area contributed by atoms with Crippen LogP contribution >= 0.6 is 0 Å². The van der Waals surface area contributed by atoms with Crippen LogP contribution in [-0.4, -0.2) is 0 Å². The molecule has 0 nitrogen and oxygen atoms in total. The van der Waals surface area contributed by atoms with Crippen molar-refractivity contribution in [2.45, 2.75) is 123 Å². The fourth-order valence-corrected chi connectivity index (χ4v) is 3.01. The molecule has 0 aromatic carbocycles. The van der Waals surface area contributed by atoms with Gasteiger partial charge in [-0.1, -0.05) is 130 Å². The maximum absolute atomic E-state index is 4.16. The molecular formula is C21H43. The third-order valence-electron chi connectivity index (χ3n) is 4.79. The maximum atomic E-state index is 4.16. The van der Waals surface area contributed by atoms with Crippen LogP contribution in [-0.2, 0) is 0 Å². The van der Waals surface area contributed by atoms with Crippen molar-refractivity contribution in [2.24, 2.45) is 5.92 Å². The van der Waals surface area contributed by atoms with E-state index in [1.807, 2.05) is 0 Å². The first-order valence-electron chi connectivity index (χ1n) is 10.1. The van der Waals surface area contributed by atoms with Crippen molar-refractivity contribution >= 4 is 0 Å². The van der Waals surface area contributed by atoms with Crippen molar-refractivity contribution in [3.63, 3.8) is 0 Å². The predicted octanol–water partition coefficient (Wildman–Crippen LogP) is 8.11. The summed E-state index contributed by atoms with van der Waals surface area (Å²) < 4.78 is 0. The fraction of sp³-hybridized carbons (Fsp3) is 0.952. The predicted molar refractivity (Wildman–Crippen MR) is 98.7 cm³/mol. The first-order chi connectivity index (χ1) is 10.3. The van der Waals surface area contributed by atoms with Crippen molar-refractivity contribution in [1.82, 2.24) is 0 Å². The summed E-state index contributed by atoms with van der Waals surface area (Å²) in [6.45, 7) is 8.71. The Morgan fingerprint density at radius 2 is 0.857 bits per heavy atom. The minimum atomic E-state index is 0.701. The molecule has 1 atom stereocenters. The zero-order valence-electron chi connectivity index (χ0n) is 15.3. The summed E-state index contributed by atoms with van der Waals surface area (Å²) in [5.74, 6) is 0.701. The minimum Gasteiger partial charge on any atom is -0.0654 e. The maximum Gasteiger partial charge on any atom is -0.0417 e. The topological polar surface area (TPSA) is 0 Å². The molecule has 0 rings (SSSR count). The average molecular weight is 296 g/mol. The monoisotopic (exact) mass is 295 g/mol. The molecule has 0 aromatic heterocycles. The van der Waals surface area contributed by atoms with Crippen molar-refractivity contribution in [1.29, 1.82) is 0 Å². The molecule has 0 fully saturated rings. The summed E-state index contributed by atoms with van der Waals surface area (Å²) in [6, 6.07) is 0. The van der Waals surface area contributed by atoms with Crippen LogP contribution in [0.1, 0.15) is 123 Å². The normalized spacial score (nSPS) is 12.7. The van der Waals surface area contributed by atoms with E-state index in [0.29, 0.717) is 5.92 Å². The van der Waals surface area contributed by atoms with E-state index in [9.17, 15) is 0 Å². The molecule has 0 spiro atoms. The molecule has 0 saturated carbocycles. The molecule has 0 heteroatoms. The minimum absolute atomic E-state index is 0.701. The second kappa shape index (κ2) is 18.1. The molecule has 0 saturated heterocycles. The van der Waals surface area contributed by atoms with Gasteiger partial charge in [-0.05, 0) is 5.92 Å². The molecule has 0 aliphatic rings. The van der Waals surface area contributed by atoms with Gasteiger partial charge >= 0.3 is 0 Å². The summed E-state index contributed by atoms with van der Waals surface area (Å²) in [6.07, 6.45) is 24.4. The zero-order chi connectivity index (χ0) is 15.6. The van der Waals surface area contributed by atoms with E-state index in [2.05, 4.69) is 20.8 Å². The van der Waals surface area contributed by atoms with Gasteiger partial charge in [0.05, 0.1) is 0 Å². The molecular weight excluding hydrogens is 252 g/mol. The van der Waals surface area contributed by atoms with Crippen LogP contribution < -0.4 is 0 Å². The first-order valence-corrected chi connectivity index (χ1v) is 10.1. The molecule has 0 N–H and O–H groups in total. The Kier molecular flexibility index (Phi) is 18.1. The molecule has 0 aliphatic carbocycles. The Hall–Kier alpha value is 0. The lowest BCUT2D eigenvalue weighted by Crippen LogP contribution is -1.92. The Balaban J connectivity index is 2.96. The molecule has 0 heterocycles. The number of unbranched alkanes of at least 4 members (excludes halogenated alkanes) is 14. The van der Waals surface area contributed by atoms with Crippen molar-refractivity contribution in [3.05, 3.63) is 6.92 Å². The number of hydrogen-bond donors (Lipinski definition) is 0. The van der Waals surface area contributed by atoms with E-state index in [4.69, 9.17) is 0 Å². The van der Waals surface area contributed by atoms with Crippen LogP contribution in [0.4, 0.5) is 0 Å². The third-order valence-corrected chi connectivity index (χ3v) is 4.79. The summed E-state index contributed by atoms with van der Waals surface area (Å²) in [4.78, 5) is 0. The van der Waals surface area contributed by atoms with Gasteiger partial charge in [-0.2, -0.15) is 0 Å². The van der Waals surface area contributed by atoms with E-state index in [1.165, 1.54) is 109 Å². The molecule has 0 aromatic rings. The molecule has 0 amide bonds. The lowest BCUT2D eigenvalue weighted by atomic mass is 9.99. The van der Waals surface area contributed by atoms with Crippen molar-refractivity contribution in [2.75, 3.05) is 0 Å². The molecule has 0 aliphatic heterocycles. The van der Waals surface area contributed by atoms with Crippen LogP contribution in [0.2, 0.25) is 0 Å². The standard InChI is InChI=1S/C21H43/c1-4-6-7-8-9-10-11-12-13-14-15-16-17-18-19-20-21(3)5-2/h21H,3-20H2,1-2H3. The Morgan fingerprint density at radius 1 is 0.524 bits per heavy atom. The van der Waals surface area contributed by atoms with Crippen LogP contribution in [0.15, 0.2) is 0 Å². The van der Waals surface area contributed by atoms with Gasteiger partial charge in [0.25, 0.3) is 0 Å². The number of hydrogen-bond acceptors (Lipinski definition) is 0. The highest BCUT2D eigenvalue weighted by atomic mass is 14.0. The number of rotatable bonds is 17. The second-order valence-corrected chi connectivity index (χ2v) is 7.01. The average Bonchev–Trinajstić information content (AvgIpc) is 2.50. The van der Waals surface area contributed by atoms with Crippen molar-refractivity contribution < 1.29 is 0 Å². The van der Waals surface area contributed by atoms with Crippen LogP contribution in [0, 0.1) is 12.8 Å². The highest BCUT2D eigenvalue weighted by Crippen LogP contribution is 2.15. The quantitative estimate of drug-likeness (QED) is 0.238. The lowest BCUT2D eigenvalue weighted by molar-refractivity contribution is 0.497. The van der Waals surface area contributed by atoms with Gasteiger partial charge in [0, 0.05) is 0 Å². The summed E-state index contributed by atoms with van der Waals surface area (Å²) in [7, 11) is 0. The van der Waals surface area contributed by atoms with E-state index >= 15 is 0 Å². The highest BCUT2D eigenvalue weighted by Gasteiger charge is 1.98. The Bertz CT molecular complexity index is 173. The third kappa shape index (κ3) is 18.0. The molecule has 0 bridgehead atoms. The zero-order valence-corrected chi connectivity index (χ0v) is 15.3. The Labute approximate surface area is 136 Å². The van der Waals surface area contributed by atoms with Crippen LogP contribution in [0.5, 0.6) is 0 Å². The molecule has 1 unspecified atom stereocenters. The largest absolute Gasteiger partial charge is 0.0654 e. The van der Waals surface area contributed by atoms with Gasteiger partial charge in [0.15, 0.2) is 0 Å². The molecule has 21 heavy (non-hydrogen) atoms.